The van der Waals surface area contributed by atoms with E-state index in [1.165, 1.54) is 12.1 Å². The molecule has 0 aliphatic carbocycles. The quantitative estimate of drug-likeness (QED) is 0.679. The summed E-state index contributed by atoms with van der Waals surface area (Å²) >= 11 is 0. The minimum atomic E-state index is -3.49. The van der Waals surface area contributed by atoms with E-state index >= 15 is 0 Å². The first-order valence-corrected chi connectivity index (χ1v) is 9.98. The standard InChI is InChI=1S/C19H23NO5S/c1-3-14-26(22,23)18-7-5-4-6-17(18)19(21)20-15-8-10-16(11-9-15)25-13-12-24-2/h4-11H,3,12-14H2,1-2H3,(H,20,21). The molecule has 2 rings (SSSR count). The van der Waals surface area contributed by atoms with Crippen molar-refractivity contribution in [2.75, 3.05) is 31.4 Å². The van der Waals surface area contributed by atoms with Gasteiger partial charge in [0, 0.05) is 12.8 Å². The number of rotatable bonds is 9. The number of methoxy groups -OCH3 is 1. The van der Waals surface area contributed by atoms with Gasteiger partial charge in [-0.2, -0.15) is 0 Å². The van der Waals surface area contributed by atoms with Crippen LogP contribution in [0.25, 0.3) is 0 Å². The second-order valence-corrected chi connectivity index (χ2v) is 7.71. The topological polar surface area (TPSA) is 81.7 Å². The van der Waals surface area contributed by atoms with Crippen molar-refractivity contribution in [1.29, 1.82) is 0 Å². The Hall–Kier alpha value is -2.38. The summed E-state index contributed by atoms with van der Waals surface area (Å²) in [5.41, 5.74) is 0.693. The molecule has 0 bridgehead atoms. The number of amides is 1. The van der Waals surface area contributed by atoms with Gasteiger partial charge in [-0.15, -0.1) is 0 Å². The molecule has 1 amide bonds. The number of carbonyl (C=O) groups is 1. The zero-order valence-corrected chi connectivity index (χ0v) is 15.7. The van der Waals surface area contributed by atoms with Crippen LogP contribution in [0, 0.1) is 0 Å². The molecule has 2 aromatic rings. The van der Waals surface area contributed by atoms with Gasteiger partial charge in [-0.3, -0.25) is 4.79 Å². The molecule has 0 saturated carbocycles. The van der Waals surface area contributed by atoms with Crippen molar-refractivity contribution in [3.8, 4) is 5.75 Å². The van der Waals surface area contributed by atoms with Crippen molar-refractivity contribution in [3.63, 3.8) is 0 Å². The maximum Gasteiger partial charge on any atom is 0.256 e. The van der Waals surface area contributed by atoms with E-state index in [-0.39, 0.29) is 16.2 Å². The SMILES string of the molecule is CCCS(=O)(=O)c1ccccc1C(=O)Nc1ccc(OCCOC)cc1. The van der Waals surface area contributed by atoms with Crippen molar-refractivity contribution in [3.05, 3.63) is 54.1 Å². The number of ether oxygens (including phenoxy) is 2. The maximum atomic E-state index is 12.6. The van der Waals surface area contributed by atoms with Crippen LogP contribution in [-0.4, -0.2) is 40.4 Å². The number of sulfone groups is 1. The zero-order chi connectivity index (χ0) is 19.0. The largest absolute Gasteiger partial charge is 0.491 e. The third kappa shape index (κ3) is 5.31. The van der Waals surface area contributed by atoms with E-state index in [1.807, 2.05) is 0 Å². The fourth-order valence-corrected chi connectivity index (χ4v) is 3.92. The zero-order valence-electron chi connectivity index (χ0n) is 14.9. The first-order valence-electron chi connectivity index (χ1n) is 8.33. The number of anilines is 1. The van der Waals surface area contributed by atoms with Crippen LogP contribution in [0.5, 0.6) is 5.75 Å². The molecule has 0 aliphatic heterocycles. The Bertz CT molecular complexity index is 831. The fourth-order valence-electron chi connectivity index (χ4n) is 2.38. The van der Waals surface area contributed by atoms with E-state index in [0.717, 1.165) is 0 Å². The number of benzene rings is 2. The Morgan fingerprint density at radius 2 is 1.73 bits per heavy atom. The molecule has 140 valence electrons. The molecular weight excluding hydrogens is 354 g/mol. The lowest BCUT2D eigenvalue weighted by Crippen LogP contribution is -2.17. The molecule has 1 N–H and O–H groups in total. The summed E-state index contributed by atoms with van der Waals surface area (Å²) in [5.74, 6) is 0.199. The second kappa shape index (κ2) is 9.35. The van der Waals surface area contributed by atoms with Gasteiger partial charge in [-0.05, 0) is 42.8 Å². The highest BCUT2D eigenvalue weighted by Gasteiger charge is 2.21. The van der Waals surface area contributed by atoms with E-state index in [0.29, 0.717) is 31.1 Å². The highest BCUT2D eigenvalue weighted by molar-refractivity contribution is 7.91. The molecule has 0 atom stereocenters. The molecule has 2 aromatic carbocycles. The summed E-state index contributed by atoms with van der Waals surface area (Å²) in [7, 11) is -1.89. The molecule has 0 heterocycles. The summed E-state index contributed by atoms with van der Waals surface area (Å²) < 4.78 is 35.1. The van der Waals surface area contributed by atoms with Gasteiger partial charge in [-0.25, -0.2) is 8.42 Å². The van der Waals surface area contributed by atoms with Gasteiger partial charge in [0.05, 0.1) is 22.8 Å². The minimum absolute atomic E-state index is 0.00477. The van der Waals surface area contributed by atoms with Gasteiger partial charge < -0.3 is 14.8 Å². The van der Waals surface area contributed by atoms with E-state index in [4.69, 9.17) is 9.47 Å². The number of carbonyl (C=O) groups excluding carboxylic acids is 1. The van der Waals surface area contributed by atoms with Crippen LogP contribution in [0.1, 0.15) is 23.7 Å². The Balaban J connectivity index is 2.13. The summed E-state index contributed by atoms with van der Waals surface area (Å²) in [4.78, 5) is 12.6. The third-order valence-electron chi connectivity index (χ3n) is 3.61. The molecular formula is C19H23NO5S. The highest BCUT2D eigenvalue weighted by Crippen LogP contribution is 2.21. The number of nitrogens with one attached hydrogen (secondary N) is 1. The van der Waals surface area contributed by atoms with Gasteiger partial charge in [0.15, 0.2) is 9.84 Å². The maximum absolute atomic E-state index is 12.6. The predicted octanol–water partition coefficient (Wildman–Crippen LogP) is 3.15. The molecule has 0 spiro atoms. The Morgan fingerprint density at radius 1 is 1.04 bits per heavy atom. The molecule has 0 fully saturated rings. The van der Waals surface area contributed by atoms with Crippen LogP contribution in [0.3, 0.4) is 0 Å². The number of hydrogen-bond donors (Lipinski definition) is 1. The molecule has 0 aliphatic rings. The summed E-state index contributed by atoms with van der Waals surface area (Å²) in [6.45, 7) is 2.71. The fraction of sp³-hybridized carbons (Fsp3) is 0.316. The summed E-state index contributed by atoms with van der Waals surface area (Å²) in [6.07, 6.45) is 0.489. The van der Waals surface area contributed by atoms with Crippen LogP contribution in [0.15, 0.2) is 53.4 Å². The van der Waals surface area contributed by atoms with E-state index in [1.54, 1.807) is 50.4 Å². The smallest absolute Gasteiger partial charge is 0.256 e. The second-order valence-electron chi connectivity index (χ2n) is 5.63. The van der Waals surface area contributed by atoms with Crippen molar-refractivity contribution in [1.82, 2.24) is 0 Å². The lowest BCUT2D eigenvalue weighted by molar-refractivity contribution is 0.102. The summed E-state index contributed by atoms with van der Waals surface area (Å²) in [5, 5.41) is 2.72. The predicted molar refractivity (Wildman–Crippen MR) is 101 cm³/mol. The van der Waals surface area contributed by atoms with Crippen LogP contribution in [0.4, 0.5) is 5.69 Å². The molecule has 0 radical (unpaired) electrons. The van der Waals surface area contributed by atoms with Crippen molar-refractivity contribution < 1.29 is 22.7 Å². The molecule has 26 heavy (non-hydrogen) atoms. The Labute approximate surface area is 154 Å². The van der Waals surface area contributed by atoms with Gasteiger partial charge in [0.25, 0.3) is 5.91 Å². The molecule has 0 unspecified atom stereocenters. The van der Waals surface area contributed by atoms with Crippen molar-refractivity contribution in [2.24, 2.45) is 0 Å². The first kappa shape index (κ1) is 19.9. The van der Waals surface area contributed by atoms with Gasteiger partial charge >= 0.3 is 0 Å². The molecule has 0 aromatic heterocycles. The Kier molecular flexibility index (Phi) is 7.17. The minimum Gasteiger partial charge on any atom is -0.491 e. The van der Waals surface area contributed by atoms with Gasteiger partial charge in [-0.1, -0.05) is 19.1 Å². The number of hydrogen-bond acceptors (Lipinski definition) is 5. The van der Waals surface area contributed by atoms with E-state index in [9.17, 15) is 13.2 Å². The van der Waals surface area contributed by atoms with Crippen LogP contribution in [-0.2, 0) is 14.6 Å². The molecule has 6 nitrogen and oxygen atoms in total. The average molecular weight is 377 g/mol. The molecule has 0 saturated heterocycles. The normalized spacial score (nSPS) is 11.2. The van der Waals surface area contributed by atoms with Crippen molar-refractivity contribution >= 4 is 21.4 Å². The highest BCUT2D eigenvalue weighted by atomic mass is 32.2. The van der Waals surface area contributed by atoms with Crippen LogP contribution >= 0.6 is 0 Å². The van der Waals surface area contributed by atoms with Crippen molar-refractivity contribution in [2.45, 2.75) is 18.2 Å². The lowest BCUT2D eigenvalue weighted by atomic mass is 10.2. The molecule has 7 heteroatoms. The van der Waals surface area contributed by atoms with Crippen LogP contribution in [0.2, 0.25) is 0 Å². The lowest BCUT2D eigenvalue weighted by Gasteiger charge is -2.11. The first-order chi connectivity index (χ1) is 12.5. The third-order valence-corrected chi connectivity index (χ3v) is 5.58. The van der Waals surface area contributed by atoms with Crippen LogP contribution < -0.4 is 10.1 Å². The Morgan fingerprint density at radius 3 is 2.38 bits per heavy atom. The van der Waals surface area contributed by atoms with E-state index in [2.05, 4.69) is 5.32 Å². The summed E-state index contributed by atoms with van der Waals surface area (Å²) in [6, 6.07) is 13.1. The monoisotopic (exact) mass is 377 g/mol. The van der Waals surface area contributed by atoms with Gasteiger partial charge in [0.2, 0.25) is 0 Å². The van der Waals surface area contributed by atoms with Gasteiger partial charge in [0.1, 0.15) is 12.4 Å². The van der Waals surface area contributed by atoms with E-state index < -0.39 is 15.7 Å². The average Bonchev–Trinajstić information content (AvgIpc) is 2.63.